The van der Waals surface area contributed by atoms with Crippen LogP contribution in [-0.4, -0.2) is 48.9 Å². The van der Waals surface area contributed by atoms with E-state index < -0.39 is 0 Å². The van der Waals surface area contributed by atoms with E-state index in [2.05, 4.69) is 12.2 Å². The van der Waals surface area contributed by atoms with Crippen molar-refractivity contribution in [2.45, 2.75) is 38.6 Å². The fraction of sp³-hybridized carbons (Fsp3) is 0.923. The largest absolute Gasteiger partial charge is 0.469 e. The third-order valence-electron chi connectivity index (χ3n) is 3.40. The summed E-state index contributed by atoms with van der Waals surface area (Å²) in [5, 5.41) is 12.3. The Hall–Kier alpha value is -0.260. The van der Waals surface area contributed by atoms with Gasteiger partial charge < -0.3 is 15.2 Å². The number of hydrogen-bond donors (Lipinski definition) is 2. The molecule has 18 heavy (non-hydrogen) atoms. The van der Waals surface area contributed by atoms with Crippen molar-refractivity contribution in [3.8, 4) is 0 Å². The van der Waals surface area contributed by atoms with Crippen LogP contribution in [0, 0.1) is 5.41 Å². The zero-order valence-electron chi connectivity index (χ0n) is 11.4. The van der Waals surface area contributed by atoms with Gasteiger partial charge >= 0.3 is 5.97 Å². The first-order chi connectivity index (χ1) is 8.65. The standard InChI is InChI=1S/C13H25NO3S/c1-3-14-11(4-7-15)9-18-10-13(5-6-13)8-12(16)17-2/h11,14-15H,3-10H2,1-2H3. The number of thioether (sulfide) groups is 1. The highest BCUT2D eigenvalue weighted by molar-refractivity contribution is 7.99. The molecule has 1 unspecified atom stereocenters. The summed E-state index contributed by atoms with van der Waals surface area (Å²) < 4.78 is 4.74. The molecule has 0 heterocycles. The molecular formula is C13H25NO3S. The Bertz CT molecular complexity index is 251. The van der Waals surface area contributed by atoms with E-state index in [1.165, 1.54) is 7.11 Å². The van der Waals surface area contributed by atoms with Crippen molar-refractivity contribution in [1.29, 1.82) is 0 Å². The van der Waals surface area contributed by atoms with Crippen LogP contribution in [0.25, 0.3) is 0 Å². The zero-order valence-corrected chi connectivity index (χ0v) is 12.2. The monoisotopic (exact) mass is 275 g/mol. The average Bonchev–Trinajstić information content (AvgIpc) is 3.09. The summed E-state index contributed by atoms with van der Waals surface area (Å²) in [5.41, 5.74) is 0.202. The maximum absolute atomic E-state index is 11.3. The van der Waals surface area contributed by atoms with Gasteiger partial charge in [0.2, 0.25) is 0 Å². The molecule has 0 bridgehead atoms. The van der Waals surface area contributed by atoms with E-state index >= 15 is 0 Å². The summed E-state index contributed by atoms with van der Waals surface area (Å²) in [7, 11) is 1.45. The molecule has 0 spiro atoms. The molecule has 1 saturated carbocycles. The van der Waals surface area contributed by atoms with E-state index in [0.717, 1.165) is 37.3 Å². The lowest BCUT2D eigenvalue weighted by Gasteiger charge is -2.18. The summed E-state index contributed by atoms with van der Waals surface area (Å²) in [6.07, 6.45) is 3.63. The van der Waals surface area contributed by atoms with E-state index in [9.17, 15) is 4.79 Å². The topological polar surface area (TPSA) is 58.6 Å². The third kappa shape index (κ3) is 5.59. The van der Waals surface area contributed by atoms with Crippen molar-refractivity contribution in [1.82, 2.24) is 5.32 Å². The number of carbonyl (C=O) groups excluding carboxylic acids is 1. The van der Waals surface area contributed by atoms with Crippen molar-refractivity contribution in [2.75, 3.05) is 31.8 Å². The molecule has 0 aliphatic heterocycles. The maximum atomic E-state index is 11.3. The van der Waals surface area contributed by atoms with Crippen LogP contribution in [0.3, 0.4) is 0 Å². The van der Waals surface area contributed by atoms with Crippen LogP contribution in [0.2, 0.25) is 0 Å². The Labute approximate surface area is 114 Å². The Kier molecular flexibility index (Phi) is 7.04. The molecule has 0 aromatic carbocycles. The van der Waals surface area contributed by atoms with Crippen LogP contribution in [0.15, 0.2) is 0 Å². The molecule has 2 N–H and O–H groups in total. The molecule has 0 saturated heterocycles. The number of methoxy groups -OCH3 is 1. The number of ether oxygens (including phenoxy) is 1. The van der Waals surface area contributed by atoms with Gasteiger partial charge in [-0.05, 0) is 37.0 Å². The molecule has 0 amide bonds. The second-order valence-electron chi connectivity index (χ2n) is 5.03. The first-order valence-electron chi connectivity index (χ1n) is 6.64. The summed E-state index contributed by atoms with van der Waals surface area (Å²) in [5.74, 6) is 1.93. The van der Waals surface area contributed by atoms with Gasteiger partial charge in [-0.3, -0.25) is 4.79 Å². The van der Waals surface area contributed by atoms with Gasteiger partial charge in [0.1, 0.15) is 0 Å². The number of rotatable bonds is 10. The van der Waals surface area contributed by atoms with Gasteiger partial charge in [0, 0.05) is 18.4 Å². The van der Waals surface area contributed by atoms with E-state index in [1.54, 1.807) is 0 Å². The van der Waals surface area contributed by atoms with Gasteiger partial charge in [-0.1, -0.05) is 6.92 Å². The minimum absolute atomic E-state index is 0.0910. The minimum Gasteiger partial charge on any atom is -0.469 e. The molecule has 1 atom stereocenters. The smallest absolute Gasteiger partial charge is 0.306 e. The van der Waals surface area contributed by atoms with Crippen molar-refractivity contribution < 1.29 is 14.6 Å². The zero-order chi connectivity index (χ0) is 13.4. The van der Waals surface area contributed by atoms with Crippen LogP contribution >= 0.6 is 11.8 Å². The Balaban J connectivity index is 2.21. The normalized spacial score (nSPS) is 18.4. The number of aliphatic hydroxyl groups is 1. The van der Waals surface area contributed by atoms with Crippen LogP contribution in [0.5, 0.6) is 0 Å². The second-order valence-corrected chi connectivity index (χ2v) is 6.07. The molecule has 1 aliphatic carbocycles. The van der Waals surface area contributed by atoms with Crippen LogP contribution in [-0.2, 0) is 9.53 Å². The van der Waals surface area contributed by atoms with E-state index in [0.29, 0.717) is 12.5 Å². The van der Waals surface area contributed by atoms with E-state index in [-0.39, 0.29) is 18.0 Å². The van der Waals surface area contributed by atoms with Gasteiger partial charge in [-0.15, -0.1) is 0 Å². The van der Waals surface area contributed by atoms with Crippen molar-refractivity contribution in [2.24, 2.45) is 5.41 Å². The highest BCUT2D eigenvalue weighted by Gasteiger charge is 2.44. The predicted molar refractivity (Wildman–Crippen MR) is 74.8 cm³/mol. The van der Waals surface area contributed by atoms with E-state index in [4.69, 9.17) is 9.84 Å². The van der Waals surface area contributed by atoms with Crippen LogP contribution < -0.4 is 5.32 Å². The number of carbonyl (C=O) groups is 1. The van der Waals surface area contributed by atoms with Crippen LogP contribution in [0.1, 0.15) is 32.6 Å². The molecule has 4 nitrogen and oxygen atoms in total. The summed E-state index contributed by atoms with van der Waals surface area (Å²) >= 11 is 1.88. The SMILES string of the molecule is CCNC(CCO)CSCC1(CC(=O)OC)CC1. The average molecular weight is 275 g/mol. The first kappa shape index (κ1) is 15.8. The lowest BCUT2D eigenvalue weighted by molar-refractivity contribution is -0.141. The molecule has 1 aliphatic rings. The lowest BCUT2D eigenvalue weighted by Crippen LogP contribution is -2.32. The van der Waals surface area contributed by atoms with E-state index in [1.807, 2.05) is 11.8 Å². The number of aliphatic hydroxyl groups excluding tert-OH is 1. The van der Waals surface area contributed by atoms with Gasteiger partial charge in [0.15, 0.2) is 0 Å². The highest BCUT2D eigenvalue weighted by Crippen LogP contribution is 2.51. The Morgan fingerprint density at radius 2 is 2.28 bits per heavy atom. The van der Waals surface area contributed by atoms with Crippen molar-refractivity contribution in [3.05, 3.63) is 0 Å². The summed E-state index contributed by atoms with van der Waals surface area (Å²) in [6.45, 7) is 3.23. The molecule has 1 rings (SSSR count). The van der Waals surface area contributed by atoms with Gasteiger partial charge in [-0.2, -0.15) is 11.8 Å². The second kappa shape index (κ2) is 8.02. The summed E-state index contributed by atoms with van der Waals surface area (Å²) in [6, 6.07) is 0.374. The predicted octanol–water partition coefficient (Wildman–Crippen LogP) is 1.42. The number of nitrogens with one attached hydrogen (secondary N) is 1. The molecule has 106 valence electrons. The van der Waals surface area contributed by atoms with Crippen LogP contribution in [0.4, 0.5) is 0 Å². The number of hydrogen-bond acceptors (Lipinski definition) is 5. The van der Waals surface area contributed by atoms with Gasteiger partial charge in [0.05, 0.1) is 13.5 Å². The Morgan fingerprint density at radius 1 is 1.56 bits per heavy atom. The summed E-state index contributed by atoms with van der Waals surface area (Å²) in [4.78, 5) is 11.3. The van der Waals surface area contributed by atoms with Gasteiger partial charge in [0.25, 0.3) is 0 Å². The quantitative estimate of drug-likeness (QED) is 0.591. The molecule has 1 fully saturated rings. The maximum Gasteiger partial charge on any atom is 0.306 e. The Morgan fingerprint density at radius 3 is 2.78 bits per heavy atom. The number of esters is 1. The first-order valence-corrected chi connectivity index (χ1v) is 7.80. The fourth-order valence-electron chi connectivity index (χ4n) is 2.03. The van der Waals surface area contributed by atoms with Crippen molar-refractivity contribution >= 4 is 17.7 Å². The molecule has 0 aromatic heterocycles. The molecule has 0 radical (unpaired) electrons. The third-order valence-corrected chi connectivity index (χ3v) is 4.86. The molecular weight excluding hydrogens is 250 g/mol. The van der Waals surface area contributed by atoms with Gasteiger partial charge in [-0.25, -0.2) is 0 Å². The lowest BCUT2D eigenvalue weighted by atomic mass is 10.1. The van der Waals surface area contributed by atoms with Crippen molar-refractivity contribution in [3.63, 3.8) is 0 Å². The molecule has 5 heteroatoms. The minimum atomic E-state index is -0.0910. The fourth-order valence-corrected chi connectivity index (χ4v) is 3.54. The highest BCUT2D eigenvalue weighted by atomic mass is 32.2. The molecule has 0 aromatic rings.